The van der Waals surface area contributed by atoms with E-state index in [4.69, 9.17) is 5.73 Å². The Bertz CT molecular complexity index is 461. The molecule has 1 aliphatic rings. The second kappa shape index (κ2) is 8.07. The molecular weight excluding hydrogens is 271 g/mol. The topological polar surface area (TPSA) is 61.6 Å². The third-order valence-electron chi connectivity index (χ3n) is 3.62. The van der Waals surface area contributed by atoms with Crippen molar-refractivity contribution in [2.75, 3.05) is 51.1 Å². The number of anilines is 1. The molecule has 0 aromatic heterocycles. The molecule has 0 spiro atoms. The quantitative estimate of drug-likeness (QED) is 0.812. The van der Waals surface area contributed by atoms with Gasteiger partial charge in [-0.1, -0.05) is 6.07 Å². The Morgan fingerprint density at radius 3 is 2.62 bits per heavy atom. The molecule has 5 nitrogen and oxygen atoms in total. The van der Waals surface area contributed by atoms with Crippen LogP contribution >= 0.6 is 0 Å². The Hall–Kier alpha value is -1.50. The number of rotatable bonds is 6. The summed E-state index contributed by atoms with van der Waals surface area (Å²) in [7, 11) is 0. The molecule has 0 bridgehead atoms. The van der Waals surface area contributed by atoms with Crippen LogP contribution in [0.1, 0.15) is 6.42 Å². The van der Waals surface area contributed by atoms with Gasteiger partial charge in [0.05, 0.1) is 6.54 Å². The number of benzene rings is 1. The Labute approximate surface area is 124 Å². The smallest absolute Gasteiger partial charge is 0.238 e. The molecule has 21 heavy (non-hydrogen) atoms. The first kappa shape index (κ1) is 15.9. The predicted octanol–water partition coefficient (Wildman–Crippen LogP) is 0.731. The van der Waals surface area contributed by atoms with Crippen LogP contribution in [0, 0.1) is 5.82 Å². The molecule has 1 saturated heterocycles. The fourth-order valence-corrected chi connectivity index (χ4v) is 2.46. The van der Waals surface area contributed by atoms with Crippen molar-refractivity contribution < 1.29 is 9.18 Å². The minimum Gasteiger partial charge on any atom is -0.330 e. The second-order valence-corrected chi connectivity index (χ2v) is 5.32. The van der Waals surface area contributed by atoms with Crippen LogP contribution in [-0.2, 0) is 4.79 Å². The molecule has 1 aliphatic heterocycles. The number of hydrogen-bond donors (Lipinski definition) is 2. The van der Waals surface area contributed by atoms with Crippen molar-refractivity contribution in [3.05, 3.63) is 30.1 Å². The molecule has 3 N–H and O–H groups in total. The minimum atomic E-state index is -0.346. The SMILES string of the molecule is NCCCN1CCN(CC(=O)Nc2cccc(F)c2)CC1. The number of nitrogens with zero attached hydrogens (tertiary/aromatic N) is 2. The van der Waals surface area contributed by atoms with Crippen LogP contribution in [0.2, 0.25) is 0 Å². The third-order valence-corrected chi connectivity index (χ3v) is 3.62. The average molecular weight is 294 g/mol. The fraction of sp³-hybridized carbons (Fsp3) is 0.533. The number of halogens is 1. The van der Waals surface area contributed by atoms with Gasteiger partial charge in [0.25, 0.3) is 0 Å². The summed E-state index contributed by atoms with van der Waals surface area (Å²) in [6.45, 7) is 5.78. The van der Waals surface area contributed by atoms with E-state index in [-0.39, 0.29) is 11.7 Å². The van der Waals surface area contributed by atoms with E-state index in [1.54, 1.807) is 12.1 Å². The Balaban J connectivity index is 1.72. The van der Waals surface area contributed by atoms with Crippen molar-refractivity contribution in [3.63, 3.8) is 0 Å². The molecule has 0 radical (unpaired) electrons. The van der Waals surface area contributed by atoms with Gasteiger partial charge in [0.2, 0.25) is 5.91 Å². The highest BCUT2D eigenvalue weighted by molar-refractivity contribution is 5.92. The van der Waals surface area contributed by atoms with Crippen LogP contribution in [0.3, 0.4) is 0 Å². The van der Waals surface area contributed by atoms with Gasteiger partial charge in [0, 0.05) is 31.9 Å². The van der Waals surface area contributed by atoms with Gasteiger partial charge >= 0.3 is 0 Å². The molecule has 1 aromatic carbocycles. The first-order valence-corrected chi connectivity index (χ1v) is 7.37. The van der Waals surface area contributed by atoms with Gasteiger partial charge in [-0.15, -0.1) is 0 Å². The number of nitrogens with two attached hydrogens (primary N) is 1. The van der Waals surface area contributed by atoms with Crippen LogP contribution in [0.25, 0.3) is 0 Å². The molecule has 116 valence electrons. The molecule has 0 aliphatic carbocycles. The van der Waals surface area contributed by atoms with Crippen molar-refractivity contribution in [1.29, 1.82) is 0 Å². The van der Waals surface area contributed by atoms with Gasteiger partial charge in [-0.25, -0.2) is 4.39 Å². The van der Waals surface area contributed by atoms with Crippen molar-refractivity contribution in [1.82, 2.24) is 9.80 Å². The zero-order valence-corrected chi connectivity index (χ0v) is 12.2. The van der Waals surface area contributed by atoms with Gasteiger partial charge in [-0.05, 0) is 37.7 Å². The summed E-state index contributed by atoms with van der Waals surface area (Å²) in [5.41, 5.74) is 6.01. The molecule has 1 heterocycles. The lowest BCUT2D eigenvalue weighted by molar-refractivity contribution is -0.117. The summed E-state index contributed by atoms with van der Waals surface area (Å²) in [4.78, 5) is 16.4. The number of carbonyl (C=O) groups excluding carboxylic acids is 1. The van der Waals surface area contributed by atoms with Crippen molar-refractivity contribution in [2.24, 2.45) is 5.73 Å². The van der Waals surface area contributed by atoms with E-state index < -0.39 is 0 Å². The van der Waals surface area contributed by atoms with Crippen LogP contribution in [0.4, 0.5) is 10.1 Å². The van der Waals surface area contributed by atoms with Crippen molar-refractivity contribution >= 4 is 11.6 Å². The third kappa shape index (κ3) is 5.41. The summed E-state index contributed by atoms with van der Waals surface area (Å²) in [5, 5.41) is 2.72. The van der Waals surface area contributed by atoms with E-state index in [1.165, 1.54) is 12.1 Å². The molecule has 0 saturated carbocycles. The Morgan fingerprint density at radius 1 is 1.24 bits per heavy atom. The van der Waals surface area contributed by atoms with Gasteiger partial charge in [0.1, 0.15) is 5.82 Å². The molecule has 0 unspecified atom stereocenters. The first-order valence-electron chi connectivity index (χ1n) is 7.37. The molecule has 1 amide bonds. The molecule has 6 heteroatoms. The highest BCUT2D eigenvalue weighted by Gasteiger charge is 2.18. The standard InChI is InChI=1S/C15H23FN4O/c16-13-3-1-4-14(11-13)18-15(21)12-20-9-7-19(8-10-20)6-2-5-17/h1,3-4,11H,2,5-10,12,17H2,(H,18,21). The summed E-state index contributed by atoms with van der Waals surface area (Å²) in [6.07, 6.45) is 1.01. The second-order valence-electron chi connectivity index (χ2n) is 5.32. The highest BCUT2D eigenvalue weighted by atomic mass is 19.1. The Kier molecular flexibility index (Phi) is 6.10. The monoisotopic (exact) mass is 294 g/mol. The van der Waals surface area contributed by atoms with Crippen LogP contribution < -0.4 is 11.1 Å². The number of amides is 1. The van der Waals surface area contributed by atoms with E-state index in [1.807, 2.05) is 0 Å². The average Bonchev–Trinajstić information content (AvgIpc) is 2.46. The summed E-state index contributed by atoms with van der Waals surface area (Å²) < 4.78 is 13.0. The summed E-state index contributed by atoms with van der Waals surface area (Å²) in [6, 6.07) is 5.95. The van der Waals surface area contributed by atoms with E-state index in [9.17, 15) is 9.18 Å². The number of piperazine rings is 1. The first-order chi connectivity index (χ1) is 10.2. The lowest BCUT2D eigenvalue weighted by Gasteiger charge is -2.34. The van der Waals surface area contributed by atoms with Crippen LogP contribution in [0.5, 0.6) is 0 Å². The molecule has 0 atom stereocenters. The van der Waals surface area contributed by atoms with E-state index >= 15 is 0 Å². The van der Waals surface area contributed by atoms with Crippen LogP contribution in [0.15, 0.2) is 24.3 Å². The van der Waals surface area contributed by atoms with Gasteiger partial charge in [-0.2, -0.15) is 0 Å². The largest absolute Gasteiger partial charge is 0.330 e. The molecule has 1 aromatic rings. The maximum atomic E-state index is 13.0. The summed E-state index contributed by atoms with van der Waals surface area (Å²) >= 11 is 0. The van der Waals surface area contributed by atoms with E-state index in [2.05, 4.69) is 15.1 Å². The zero-order valence-electron chi connectivity index (χ0n) is 12.2. The highest BCUT2D eigenvalue weighted by Crippen LogP contribution is 2.09. The van der Waals surface area contributed by atoms with E-state index in [0.29, 0.717) is 12.2 Å². The van der Waals surface area contributed by atoms with Gasteiger partial charge < -0.3 is 16.0 Å². The van der Waals surface area contributed by atoms with Crippen molar-refractivity contribution in [2.45, 2.75) is 6.42 Å². The molecule has 1 fully saturated rings. The minimum absolute atomic E-state index is 0.101. The molecular formula is C15H23FN4O. The maximum Gasteiger partial charge on any atom is 0.238 e. The Morgan fingerprint density at radius 2 is 1.95 bits per heavy atom. The van der Waals surface area contributed by atoms with E-state index in [0.717, 1.165) is 45.7 Å². The van der Waals surface area contributed by atoms with Gasteiger partial charge in [0.15, 0.2) is 0 Å². The van der Waals surface area contributed by atoms with Crippen molar-refractivity contribution in [3.8, 4) is 0 Å². The zero-order chi connectivity index (χ0) is 15.1. The number of hydrogen-bond acceptors (Lipinski definition) is 4. The normalized spacial score (nSPS) is 16.9. The lowest BCUT2D eigenvalue weighted by Crippen LogP contribution is -2.48. The number of nitrogens with one attached hydrogen (secondary N) is 1. The number of carbonyl (C=O) groups is 1. The predicted molar refractivity (Wildman–Crippen MR) is 81.6 cm³/mol. The summed E-state index contributed by atoms with van der Waals surface area (Å²) in [5.74, 6) is -0.447. The van der Waals surface area contributed by atoms with Gasteiger partial charge in [-0.3, -0.25) is 9.69 Å². The maximum absolute atomic E-state index is 13.0. The fourth-order valence-electron chi connectivity index (χ4n) is 2.46. The van der Waals surface area contributed by atoms with Crippen LogP contribution in [-0.4, -0.2) is 61.5 Å². The molecule has 2 rings (SSSR count). The lowest BCUT2D eigenvalue weighted by atomic mass is 10.2.